The van der Waals surface area contributed by atoms with Crippen LogP contribution in [0.15, 0.2) is 5.51 Å². The van der Waals surface area contributed by atoms with Crippen molar-refractivity contribution in [2.24, 2.45) is 17.3 Å². The molecule has 116 valence electrons. The number of hydrogen-bond donors (Lipinski definition) is 2. The van der Waals surface area contributed by atoms with Gasteiger partial charge in [-0.25, -0.2) is 4.98 Å². The average molecular weight is 310 g/mol. The maximum atomic E-state index is 12.3. The molecule has 1 amide bonds. The lowest BCUT2D eigenvalue weighted by Gasteiger charge is -2.46. The van der Waals surface area contributed by atoms with Crippen molar-refractivity contribution < 1.29 is 14.7 Å². The fourth-order valence-electron chi connectivity index (χ4n) is 3.20. The quantitative estimate of drug-likeness (QED) is 0.899. The van der Waals surface area contributed by atoms with Crippen molar-refractivity contribution in [3.05, 3.63) is 16.1 Å². The first kappa shape index (κ1) is 15.9. The van der Waals surface area contributed by atoms with E-state index in [4.69, 9.17) is 0 Å². The standard InChI is InChI=1S/C15H22N2O3S/c1-8-11(6-5-10(14(19)20)15(8,3)4)17-13(18)12-9(2)16-7-21-12/h7-8,10-11H,5-6H2,1-4H3,(H,17,18)(H,19,20). The number of carboxylic acid groups (broad SMARTS) is 1. The number of hydrogen-bond acceptors (Lipinski definition) is 4. The summed E-state index contributed by atoms with van der Waals surface area (Å²) >= 11 is 1.34. The molecule has 0 bridgehead atoms. The van der Waals surface area contributed by atoms with E-state index in [-0.39, 0.29) is 29.2 Å². The van der Waals surface area contributed by atoms with Crippen molar-refractivity contribution in [1.29, 1.82) is 0 Å². The summed E-state index contributed by atoms with van der Waals surface area (Å²) in [6, 6.07) is 0.00426. The van der Waals surface area contributed by atoms with Gasteiger partial charge in [0.05, 0.1) is 17.1 Å². The zero-order valence-corrected chi connectivity index (χ0v) is 13.7. The number of thiazole rings is 1. The van der Waals surface area contributed by atoms with Crippen LogP contribution in [-0.2, 0) is 4.79 Å². The zero-order chi connectivity index (χ0) is 15.8. The molecule has 0 aromatic carbocycles. The van der Waals surface area contributed by atoms with Gasteiger partial charge in [-0.05, 0) is 31.1 Å². The van der Waals surface area contributed by atoms with E-state index >= 15 is 0 Å². The molecule has 1 aromatic rings. The number of rotatable bonds is 3. The summed E-state index contributed by atoms with van der Waals surface area (Å²) < 4.78 is 0. The lowest BCUT2D eigenvalue weighted by Crippen LogP contribution is -2.52. The smallest absolute Gasteiger partial charge is 0.307 e. The zero-order valence-electron chi connectivity index (χ0n) is 12.8. The highest BCUT2D eigenvalue weighted by molar-refractivity contribution is 7.11. The number of amides is 1. The molecule has 1 aromatic heterocycles. The van der Waals surface area contributed by atoms with Gasteiger partial charge in [-0.1, -0.05) is 20.8 Å². The Morgan fingerprint density at radius 1 is 1.43 bits per heavy atom. The maximum absolute atomic E-state index is 12.3. The molecule has 2 N–H and O–H groups in total. The van der Waals surface area contributed by atoms with Gasteiger partial charge >= 0.3 is 5.97 Å². The number of carboxylic acids is 1. The highest BCUT2D eigenvalue weighted by atomic mass is 32.1. The van der Waals surface area contributed by atoms with Gasteiger partial charge in [0, 0.05) is 6.04 Å². The largest absolute Gasteiger partial charge is 0.481 e. The van der Waals surface area contributed by atoms with E-state index in [1.807, 2.05) is 27.7 Å². The Morgan fingerprint density at radius 2 is 2.10 bits per heavy atom. The van der Waals surface area contributed by atoms with Gasteiger partial charge in [0.1, 0.15) is 4.88 Å². The second-order valence-corrected chi connectivity index (χ2v) is 7.28. The Hall–Kier alpha value is -1.43. The summed E-state index contributed by atoms with van der Waals surface area (Å²) in [7, 11) is 0. The van der Waals surface area contributed by atoms with Crippen LogP contribution in [0, 0.1) is 24.2 Å². The molecule has 0 spiro atoms. The van der Waals surface area contributed by atoms with E-state index in [9.17, 15) is 14.7 Å². The van der Waals surface area contributed by atoms with E-state index in [1.165, 1.54) is 11.3 Å². The van der Waals surface area contributed by atoms with Crippen molar-refractivity contribution >= 4 is 23.2 Å². The van der Waals surface area contributed by atoms with E-state index in [1.54, 1.807) is 5.51 Å². The predicted octanol–water partition coefficient (Wildman–Crippen LogP) is 2.71. The Balaban J connectivity index is 2.11. The molecule has 21 heavy (non-hydrogen) atoms. The summed E-state index contributed by atoms with van der Waals surface area (Å²) in [5.74, 6) is -1.10. The molecule has 3 unspecified atom stereocenters. The van der Waals surface area contributed by atoms with Gasteiger partial charge in [0.25, 0.3) is 5.91 Å². The van der Waals surface area contributed by atoms with Gasteiger partial charge < -0.3 is 10.4 Å². The van der Waals surface area contributed by atoms with Crippen LogP contribution in [0.2, 0.25) is 0 Å². The average Bonchev–Trinajstić information content (AvgIpc) is 2.81. The van der Waals surface area contributed by atoms with E-state index < -0.39 is 5.97 Å². The van der Waals surface area contributed by atoms with Crippen molar-refractivity contribution in [1.82, 2.24) is 10.3 Å². The molecular formula is C15H22N2O3S. The fourth-order valence-corrected chi connectivity index (χ4v) is 3.90. The Bertz CT molecular complexity index is 553. The van der Waals surface area contributed by atoms with E-state index in [0.29, 0.717) is 17.7 Å². The first-order chi connectivity index (χ1) is 9.75. The van der Waals surface area contributed by atoms with Crippen LogP contribution < -0.4 is 5.32 Å². The van der Waals surface area contributed by atoms with Crippen LogP contribution in [0.1, 0.15) is 49.0 Å². The second kappa shape index (κ2) is 5.75. The van der Waals surface area contributed by atoms with E-state index in [2.05, 4.69) is 10.3 Å². The number of nitrogens with zero attached hydrogens (tertiary/aromatic N) is 1. The van der Waals surface area contributed by atoms with Gasteiger partial charge in [-0.15, -0.1) is 11.3 Å². The van der Waals surface area contributed by atoms with Crippen LogP contribution in [-0.4, -0.2) is 28.0 Å². The lowest BCUT2D eigenvalue weighted by atomic mass is 9.61. The third-order valence-corrected chi connectivity index (χ3v) is 5.94. The normalized spacial score (nSPS) is 28.1. The van der Waals surface area contributed by atoms with Crippen molar-refractivity contribution in [2.45, 2.75) is 46.6 Å². The van der Waals surface area contributed by atoms with Crippen LogP contribution in [0.25, 0.3) is 0 Å². The van der Waals surface area contributed by atoms with Crippen LogP contribution in [0.4, 0.5) is 0 Å². The molecule has 0 radical (unpaired) electrons. The molecule has 5 nitrogen and oxygen atoms in total. The van der Waals surface area contributed by atoms with Crippen molar-refractivity contribution in [3.63, 3.8) is 0 Å². The second-order valence-electron chi connectivity index (χ2n) is 6.43. The SMILES string of the molecule is Cc1ncsc1C(=O)NC1CCC(C(=O)O)C(C)(C)C1C. The molecule has 1 aliphatic rings. The molecular weight excluding hydrogens is 288 g/mol. The van der Waals surface area contributed by atoms with Crippen LogP contribution >= 0.6 is 11.3 Å². The Labute approximate surface area is 128 Å². The summed E-state index contributed by atoms with van der Waals surface area (Å²) in [4.78, 5) is 28.4. The molecule has 3 atom stereocenters. The minimum atomic E-state index is -0.741. The molecule has 1 aliphatic carbocycles. The first-order valence-corrected chi connectivity index (χ1v) is 8.07. The molecule has 2 rings (SSSR count). The number of carbonyl (C=O) groups is 2. The third kappa shape index (κ3) is 2.95. The lowest BCUT2D eigenvalue weighted by molar-refractivity contribution is -0.150. The number of nitrogens with one attached hydrogen (secondary N) is 1. The topological polar surface area (TPSA) is 79.3 Å². The summed E-state index contributed by atoms with van der Waals surface area (Å²) in [5.41, 5.74) is 2.06. The Morgan fingerprint density at radius 3 is 2.62 bits per heavy atom. The minimum Gasteiger partial charge on any atom is -0.481 e. The number of aromatic nitrogens is 1. The Kier molecular flexibility index (Phi) is 4.37. The van der Waals surface area contributed by atoms with Crippen molar-refractivity contribution in [3.8, 4) is 0 Å². The number of carbonyl (C=O) groups excluding carboxylic acids is 1. The van der Waals surface area contributed by atoms with Crippen molar-refractivity contribution in [2.75, 3.05) is 0 Å². The molecule has 0 aliphatic heterocycles. The maximum Gasteiger partial charge on any atom is 0.307 e. The number of aryl methyl sites for hydroxylation is 1. The molecule has 6 heteroatoms. The van der Waals surface area contributed by atoms with Gasteiger partial charge in [-0.3, -0.25) is 9.59 Å². The number of aliphatic carboxylic acids is 1. The third-order valence-electron chi connectivity index (χ3n) is 5.01. The minimum absolute atomic E-state index is 0.00426. The highest BCUT2D eigenvalue weighted by Crippen LogP contribution is 2.45. The molecule has 0 saturated heterocycles. The van der Waals surface area contributed by atoms with Crippen LogP contribution in [0.3, 0.4) is 0 Å². The van der Waals surface area contributed by atoms with Gasteiger partial charge in [0.2, 0.25) is 0 Å². The summed E-state index contributed by atoms with van der Waals surface area (Å²) in [6.45, 7) is 7.80. The summed E-state index contributed by atoms with van der Waals surface area (Å²) in [6.07, 6.45) is 1.30. The molecule has 1 heterocycles. The first-order valence-electron chi connectivity index (χ1n) is 7.19. The van der Waals surface area contributed by atoms with E-state index in [0.717, 1.165) is 5.69 Å². The van der Waals surface area contributed by atoms with Gasteiger partial charge in [0.15, 0.2) is 0 Å². The molecule has 1 fully saturated rings. The fraction of sp³-hybridized carbons (Fsp3) is 0.667. The van der Waals surface area contributed by atoms with Gasteiger partial charge in [-0.2, -0.15) is 0 Å². The molecule has 1 saturated carbocycles. The predicted molar refractivity (Wildman–Crippen MR) is 81.4 cm³/mol. The summed E-state index contributed by atoms with van der Waals surface area (Å²) in [5, 5.41) is 12.4. The monoisotopic (exact) mass is 310 g/mol. The highest BCUT2D eigenvalue weighted by Gasteiger charge is 2.46. The van der Waals surface area contributed by atoms with Crippen LogP contribution in [0.5, 0.6) is 0 Å².